The molecule has 0 atom stereocenters. The van der Waals surface area contributed by atoms with Crippen molar-refractivity contribution < 1.29 is 10.2 Å². The topological polar surface area (TPSA) is 52.5 Å². The lowest BCUT2D eigenvalue weighted by Crippen LogP contribution is -2.21. The molecule has 0 bridgehead atoms. The monoisotopic (exact) mass is 133 g/mol. The fourth-order valence-electron chi connectivity index (χ4n) is 0.283. The molecule has 4 radical (unpaired) electrons. The minimum Gasteiger partial charge on any atom is -0.395 e. The molecule has 0 heterocycles. The summed E-state index contributed by atoms with van der Waals surface area (Å²) in [5, 5.41) is 19.1. The van der Waals surface area contributed by atoms with E-state index in [-0.39, 0.29) is 24.2 Å². The number of rotatable bonds is 4. The molecular formula is C4H11NO2Si. The van der Waals surface area contributed by atoms with Gasteiger partial charge < -0.3 is 15.5 Å². The fourth-order valence-corrected chi connectivity index (χ4v) is 0.283. The van der Waals surface area contributed by atoms with Crippen LogP contribution >= 0.6 is 0 Å². The number of aliphatic hydroxyl groups is 2. The standard InChI is InChI=1S/C4H11NO2.Si/c6-3-1-5-2-4-7;/h5-7H,1-4H2;. The maximum Gasteiger partial charge on any atom is 0.0555 e. The minimum absolute atomic E-state index is 0. The van der Waals surface area contributed by atoms with Crippen LogP contribution in [0.5, 0.6) is 0 Å². The Balaban J connectivity index is 0. The quantitative estimate of drug-likeness (QED) is 0.313. The smallest absolute Gasteiger partial charge is 0.0555 e. The van der Waals surface area contributed by atoms with E-state index in [1.807, 2.05) is 0 Å². The predicted molar refractivity (Wildman–Crippen MR) is 32.8 cm³/mol. The van der Waals surface area contributed by atoms with Gasteiger partial charge in [0, 0.05) is 24.1 Å². The Kier molecular flexibility index (Phi) is 13.9. The second-order valence-corrected chi connectivity index (χ2v) is 1.20. The predicted octanol–water partition coefficient (Wildman–Crippen LogP) is -1.82. The maximum atomic E-state index is 8.15. The molecule has 8 heavy (non-hydrogen) atoms. The zero-order valence-corrected chi connectivity index (χ0v) is 5.72. The van der Waals surface area contributed by atoms with Crippen LogP contribution in [-0.2, 0) is 0 Å². The first-order valence-electron chi connectivity index (χ1n) is 2.34. The van der Waals surface area contributed by atoms with Crippen molar-refractivity contribution in [3.63, 3.8) is 0 Å². The van der Waals surface area contributed by atoms with E-state index in [9.17, 15) is 0 Å². The lowest BCUT2D eigenvalue weighted by molar-refractivity contribution is 0.267. The lowest BCUT2D eigenvalue weighted by atomic mass is 10.6. The van der Waals surface area contributed by atoms with Crippen molar-refractivity contribution >= 4 is 11.0 Å². The first-order valence-corrected chi connectivity index (χ1v) is 2.34. The molecule has 3 N–H and O–H groups in total. The molecule has 0 fully saturated rings. The van der Waals surface area contributed by atoms with Gasteiger partial charge in [-0.3, -0.25) is 0 Å². The summed E-state index contributed by atoms with van der Waals surface area (Å²) in [4.78, 5) is 0. The van der Waals surface area contributed by atoms with Gasteiger partial charge in [-0.2, -0.15) is 0 Å². The Morgan fingerprint density at radius 3 is 1.62 bits per heavy atom. The third-order valence-corrected chi connectivity index (χ3v) is 0.577. The second-order valence-electron chi connectivity index (χ2n) is 1.20. The van der Waals surface area contributed by atoms with Gasteiger partial charge in [0.2, 0.25) is 0 Å². The molecule has 0 aromatic carbocycles. The molecule has 0 unspecified atom stereocenters. The molecule has 4 heteroatoms. The summed E-state index contributed by atoms with van der Waals surface area (Å²) >= 11 is 0. The third-order valence-electron chi connectivity index (χ3n) is 0.577. The Labute approximate surface area is 53.7 Å². The average molecular weight is 133 g/mol. The van der Waals surface area contributed by atoms with Gasteiger partial charge in [0.05, 0.1) is 13.2 Å². The number of nitrogens with one attached hydrogen (secondary N) is 1. The Morgan fingerprint density at radius 1 is 1.00 bits per heavy atom. The Bertz CT molecular complexity index is 33.2. The van der Waals surface area contributed by atoms with Crippen molar-refractivity contribution in [2.75, 3.05) is 26.3 Å². The summed E-state index contributed by atoms with van der Waals surface area (Å²) < 4.78 is 0. The van der Waals surface area contributed by atoms with Crippen molar-refractivity contribution in [2.24, 2.45) is 0 Å². The minimum atomic E-state index is 0. The summed E-state index contributed by atoms with van der Waals surface area (Å²) in [6, 6.07) is 0. The molecule has 0 saturated carbocycles. The van der Waals surface area contributed by atoms with Crippen LogP contribution < -0.4 is 5.32 Å². The number of hydrogen-bond donors (Lipinski definition) is 3. The molecule has 48 valence electrons. The summed E-state index contributed by atoms with van der Waals surface area (Å²) in [7, 11) is 0. The summed E-state index contributed by atoms with van der Waals surface area (Å²) in [6.45, 7) is 1.42. The molecule has 0 amide bonds. The van der Waals surface area contributed by atoms with Crippen molar-refractivity contribution in [1.82, 2.24) is 5.32 Å². The van der Waals surface area contributed by atoms with Gasteiger partial charge in [-0.25, -0.2) is 0 Å². The van der Waals surface area contributed by atoms with Crippen molar-refractivity contribution in [3.05, 3.63) is 0 Å². The highest BCUT2D eigenvalue weighted by Gasteiger charge is 1.78. The largest absolute Gasteiger partial charge is 0.395 e. The van der Waals surface area contributed by atoms with E-state index in [2.05, 4.69) is 5.32 Å². The van der Waals surface area contributed by atoms with Crippen LogP contribution in [0.1, 0.15) is 0 Å². The van der Waals surface area contributed by atoms with Crippen molar-refractivity contribution in [3.8, 4) is 0 Å². The van der Waals surface area contributed by atoms with Gasteiger partial charge in [0.1, 0.15) is 0 Å². The molecule has 0 aromatic heterocycles. The van der Waals surface area contributed by atoms with Gasteiger partial charge in [0.15, 0.2) is 0 Å². The zero-order valence-electron chi connectivity index (χ0n) is 4.72. The molecule has 0 aliphatic heterocycles. The highest BCUT2D eigenvalue weighted by molar-refractivity contribution is 5.75. The molecule has 0 aliphatic carbocycles. The van der Waals surface area contributed by atoms with Crippen molar-refractivity contribution in [2.45, 2.75) is 0 Å². The van der Waals surface area contributed by atoms with Gasteiger partial charge in [-0.05, 0) is 0 Å². The normalized spacial score (nSPS) is 8.25. The van der Waals surface area contributed by atoms with E-state index in [1.165, 1.54) is 0 Å². The molecule has 0 saturated heterocycles. The third kappa shape index (κ3) is 9.44. The van der Waals surface area contributed by atoms with Crippen LogP contribution in [0.15, 0.2) is 0 Å². The van der Waals surface area contributed by atoms with Gasteiger partial charge in [0.25, 0.3) is 0 Å². The van der Waals surface area contributed by atoms with Crippen LogP contribution in [0.2, 0.25) is 0 Å². The van der Waals surface area contributed by atoms with E-state index < -0.39 is 0 Å². The van der Waals surface area contributed by atoms with Crippen molar-refractivity contribution in [1.29, 1.82) is 0 Å². The lowest BCUT2D eigenvalue weighted by Gasteiger charge is -1.94. The van der Waals surface area contributed by atoms with E-state index in [0.29, 0.717) is 13.1 Å². The average Bonchev–Trinajstić information content (AvgIpc) is 1.69. The first-order chi connectivity index (χ1) is 3.41. The van der Waals surface area contributed by atoms with Crippen LogP contribution in [0.25, 0.3) is 0 Å². The Morgan fingerprint density at radius 2 is 1.38 bits per heavy atom. The van der Waals surface area contributed by atoms with Crippen LogP contribution in [0.3, 0.4) is 0 Å². The van der Waals surface area contributed by atoms with E-state index in [1.54, 1.807) is 0 Å². The second kappa shape index (κ2) is 10.2. The molecule has 3 nitrogen and oxygen atoms in total. The number of aliphatic hydroxyl groups excluding tert-OH is 2. The molecule has 0 rings (SSSR count). The zero-order chi connectivity index (χ0) is 5.54. The molecule has 0 spiro atoms. The summed E-state index contributed by atoms with van der Waals surface area (Å²) in [5.74, 6) is 0. The van der Waals surface area contributed by atoms with E-state index in [0.717, 1.165) is 0 Å². The van der Waals surface area contributed by atoms with Crippen LogP contribution in [-0.4, -0.2) is 47.5 Å². The molecule has 0 aromatic rings. The van der Waals surface area contributed by atoms with Gasteiger partial charge >= 0.3 is 0 Å². The SMILES string of the molecule is OCCNCCO.[Si]. The maximum absolute atomic E-state index is 8.15. The number of hydrogen-bond acceptors (Lipinski definition) is 3. The summed E-state index contributed by atoms with van der Waals surface area (Å²) in [6.07, 6.45) is 0. The van der Waals surface area contributed by atoms with Crippen LogP contribution in [0.4, 0.5) is 0 Å². The fraction of sp³-hybridized carbons (Fsp3) is 1.00. The Hall–Kier alpha value is 0.0969. The molecule has 0 aliphatic rings. The summed E-state index contributed by atoms with van der Waals surface area (Å²) in [5.41, 5.74) is 0. The van der Waals surface area contributed by atoms with Gasteiger partial charge in [-0.1, -0.05) is 0 Å². The van der Waals surface area contributed by atoms with Crippen LogP contribution in [0, 0.1) is 0 Å². The highest BCUT2D eigenvalue weighted by atomic mass is 28.1. The highest BCUT2D eigenvalue weighted by Crippen LogP contribution is 1.54. The molecular weight excluding hydrogens is 122 g/mol. The van der Waals surface area contributed by atoms with E-state index >= 15 is 0 Å². The first kappa shape index (κ1) is 11.0. The van der Waals surface area contributed by atoms with E-state index in [4.69, 9.17) is 10.2 Å². The van der Waals surface area contributed by atoms with Gasteiger partial charge in [-0.15, -0.1) is 0 Å².